The molecule has 2 N–H and O–H groups in total. The zero-order valence-electron chi connectivity index (χ0n) is 24.7. The van der Waals surface area contributed by atoms with Crippen LogP contribution in [0.4, 0.5) is 0 Å². The molecule has 1 aliphatic carbocycles. The van der Waals surface area contributed by atoms with Gasteiger partial charge in [0.15, 0.2) is 11.5 Å². The summed E-state index contributed by atoms with van der Waals surface area (Å²) in [5.41, 5.74) is 3.16. The summed E-state index contributed by atoms with van der Waals surface area (Å²) in [6, 6.07) is 4.22. The van der Waals surface area contributed by atoms with Gasteiger partial charge in [0.25, 0.3) is 17.3 Å². The fourth-order valence-electron chi connectivity index (χ4n) is 6.37. The molecule has 7 nitrogen and oxygen atoms in total. The third kappa shape index (κ3) is 5.59. The molecule has 2 aliphatic heterocycles. The zero-order chi connectivity index (χ0) is 29.0. The van der Waals surface area contributed by atoms with Gasteiger partial charge >= 0.3 is 0 Å². The molecular formula is C30H42ClN3O4SSi. The van der Waals surface area contributed by atoms with Crippen molar-refractivity contribution in [3.8, 4) is 11.5 Å². The molecule has 0 bridgehead atoms. The lowest BCUT2D eigenvalue weighted by Crippen LogP contribution is -2.57. The number of carbonyl (C=O) groups excluding carboxylic acids is 1. The molecule has 2 aromatic rings. The number of rotatable bonds is 7. The Balaban J connectivity index is 1.25. The Morgan fingerprint density at radius 1 is 1.15 bits per heavy atom. The van der Waals surface area contributed by atoms with Gasteiger partial charge < -0.3 is 24.7 Å². The van der Waals surface area contributed by atoms with E-state index in [4.69, 9.17) is 21.1 Å². The Morgan fingerprint density at radius 3 is 2.42 bits per heavy atom. The largest absolute Gasteiger partial charge is 0.448 e. The molecular weight excluding hydrogens is 562 g/mol. The number of fused-ring (bicyclic) bond motifs is 1. The fourth-order valence-corrected chi connectivity index (χ4v) is 8.88. The molecule has 3 aliphatic rings. The van der Waals surface area contributed by atoms with Crippen LogP contribution in [0.1, 0.15) is 59.8 Å². The number of aryl methyl sites for hydroxylation is 1. The SMILES string of the molecule is CSc1cc(C)[nH]c(=O)c1CNC(=O)c1cc(Cl)c2c(c1C)OC(C)(C1CCC(N3CC([Si](C)(C)C)C3)CC1)O2. The maximum Gasteiger partial charge on any atom is 0.254 e. The highest BCUT2D eigenvalue weighted by atomic mass is 35.5. The molecule has 10 heteroatoms. The number of likely N-dealkylation sites (tertiary alicyclic amines) is 1. The smallest absolute Gasteiger partial charge is 0.254 e. The Hall–Kier alpha value is -1.94. The highest BCUT2D eigenvalue weighted by Crippen LogP contribution is 2.52. The molecule has 1 amide bonds. The van der Waals surface area contributed by atoms with Crippen LogP contribution in [0.3, 0.4) is 0 Å². The summed E-state index contributed by atoms with van der Waals surface area (Å²) >= 11 is 8.14. The van der Waals surface area contributed by atoms with Crippen molar-refractivity contribution in [1.29, 1.82) is 0 Å². The molecule has 218 valence electrons. The molecule has 1 saturated carbocycles. The standard InChI is InChI=1S/C30H42ClN3O4SSi/c1-17-12-25(39-4)23(29(36)33-17)14-32-28(35)22-13-24(31)27-26(18(22)2)37-30(3,38-27)19-8-10-20(11-9-19)34-15-21(16-34)40(5,6)7/h12-13,19-21H,8-11,14-16H2,1-7H3,(H,32,35)(H,33,36). The lowest BCUT2D eigenvalue weighted by molar-refractivity contribution is -0.125. The highest BCUT2D eigenvalue weighted by Gasteiger charge is 2.49. The maximum absolute atomic E-state index is 13.3. The first kappa shape index (κ1) is 29.5. The summed E-state index contributed by atoms with van der Waals surface area (Å²) in [5.74, 6) is 0.186. The molecule has 2 fully saturated rings. The van der Waals surface area contributed by atoms with E-state index in [1.165, 1.54) is 24.9 Å². The second-order valence-electron chi connectivity index (χ2n) is 12.9. The van der Waals surface area contributed by atoms with Crippen LogP contribution in [0, 0.1) is 19.8 Å². The van der Waals surface area contributed by atoms with E-state index in [1.807, 2.05) is 33.1 Å². The van der Waals surface area contributed by atoms with Gasteiger partial charge in [-0.3, -0.25) is 9.59 Å². The number of amides is 1. The quantitative estimate of drug-likeness (QED) is 0.283. The number of hydrogen-bond acceptors (Lipinski definition) is 6. The van der Waals surface area contributed by atoms with Gasteiger partial charge in [0.1, 0.15) is 0 Å². The number of halogens is 1. The second kappa shape index (κ2) is 11.0. The van der Waals surface area contributed by atoms with Crippen LogP contribution in [0.2, 0.25) is 30.2 Å². The van der Waals surface area contributed by atoms with E-state index >= 15 is 0 Å². The van der Waals surface area contributed by atoms with Crippen molar-refractivity contribution < 1.29 is 14.3 Å². The Morgan fingerprint density at radius 2 is 1.80 bits per heavy atom. The number of H-pyrrole nitrogens is 1. The summed E-state index contributed by atoms with van der Waals surface area (Å²) in [6.45, 7) is 15.8. The predicted molar refractivity (Wildman–Crippen MR) is 165 cm³/mol. The molecule has 1 aromatic heterocycles. The zero-order valence-corrected chi connectivity index (χ0v) is 27.3. The molecule has 40 heavy (non-hydrogen) atoms. The molecule has 0 radical (unpaired) electrons. The third-order valence-corrected chi connectivity index (χ3v) is 13.2. The maximum atomic E-state index is 13.3. The van der Waals surface area contributed by atoms with Crippen LogP contribution in [0.15, 0.2) is 21.8 Å². The van der Waals surface area contributed by atoms with Crippen LogP contribution in [-0.2, 0) is 6.54 Å². The summed E-state index contributed by atoms with van der Waals surface area (Å²) in [5, 5.41) is 3.26. The first-order chi connectivity index (χ1) is 18.8. The van der Waals surface area contributed by atoms with Crippen LogP contribution >= 0.6 is 23.4 Å². The number of aromatic amines is 1. The van der Waals surface area contributed by atoms with Gasteiger partial charge in [-0.2, -0.15) is 0 Å². The highest BCUT2D eigenvalue weighted by molar-refractivity contribution is 7.98. The van der Waals surface area contributed by atoms with Crippen LogP contribution < -0.4 is 20.3 Å². The molecule has 5 rings (SSSR count). The Bertz CT molecular complexity index is 1360. The third-order valence-electron chi connectivity index (χ3n) is 9.26. The van der Waals surface area contributed by atoms with E-state index < -0.39 is 13.9 Å². The number of nitrogens with one attached hydrogen (secondary N) is 2. The van der Waals surface area contributed by atoms with Crippen molar-refractivity contribution in [2.45, 2.75) is 94.9 Å². The first-order valence-corrected chi connectivity index (χ1v) is 19.5. The first-order valence-electron chi connectivity index (χ1n) is 14.3. The van der Waals surface area contributed by atoms with Crippen molar-refractivity contribution in [2.75, 3.05) is 19.3 Å². The lowest BCUT2D eigenvalue weighted by atomic mass is 9.80. The lowest BCUT2D eigenvalue weighted by Gasteiger charge is -2.51. The minimum absolute atomic E-state index is 0.118. The number of hydrogen-bond donors (Lipinski definition) is 2. The van der Waals surface area contributed by atoms with Crippen LogP contribution in [-0.4, -0.2) is 55.0 Å². The molecule has 1 atom stereocenters. The predicted octanol–water partition coefficient (Wildman–Crippen LogP) is 6.37. The fraction of sp³-hybridized carbons (Fsp3) is 0.600. The van der Waals surface area contributed by atoms with E-state index in [0.29, 0.717) is 39.3 Å². The topological polar surface area (TPSA) is 83.7 Å². The molecule has 1 saturated heterocycles. The van der Waals surface area contributed by atoms with Gasteiger partial charge in [-0.05, 0) is 63.5 Å². The minimum Gasteiger partial charge on any atom is -0.448 e. The van der Waals surface area contributed by atoms with Gasteiger partial charge in [0.05, 0.1) is 13.1 Å². The number of aromatic nitrogens is 1. The van der Waals surface area contributed by atoms with E-state index in [1.54, 1.807) is 6.07 Å². The van der Waals surface area contributed by atoms with Crippen molar-refractivity contribution in [3.63, 3.8) is 0 Å². The monoisotopic (exact) mass is 603 g/mol. The second-order valence-corrected chi connectivity index (χ2v) is 19.7. The van der Waals surface area contributed by atoms with Crippen LogP contribution in [0.5, 0.6) is 11.5 Å². The number of pyridine rings is 1. The van der Waals surface area contributed by atoms with E-state index in [-0.39, 0.29) is 23.9 Å². The van der Waals surface area contributed by atoms with Crippen molar-refractivity contribution in [2.24, 2.45) is 5.92 Å². The molecule has 3 heterocycles. The summed E-state index contributed by atoms with van der Waals surface area (Å²) in [6.07, 6.45) is 6.29. The number of thioether (sulfide) groups is 1. The average Bonchev–Trinajstić information content (AvgIpc) is 3.23. The molecule has 0 spiro atoms. The Kier molecular flexibility index (Phi) is 8.16. The van der Waals surface area contributed by atoms with E-state index in [0.717, 1.165) is 41.8 Å². The summed E-state index contributed by atoms with van der Waals surface area (Å²) in [4.78, 5) is 32.1. The van der Waals surface area contributed by atoms with Gasteiger partial charge in [-0.15, -0.1) is 11.8 Å². The molecule has 1 aromatic carbocycles. The van der Waals surface area contributed by atoms with E-state index in [9.17, 15) is 9.59 Å². The number of benzene rings is 1. The summed E-state index contributed by atoms with van der Waals surface area (Å²) < 4.78 is 12.9. The van der Waals surface area contributed by atoms with Crippen molar-refractivity contribution in [1.82, 2.24) is 15.2 Å². The number of carbonyl (C=O) groups is 1. The Labute approximate surface area is 247 Å². The van der Waals surface area contributed by atoms with Crippen molar-refractivity contribution >= 4 is 37.3 Å². The number of nitrogens with zero attached hydrogens (tertiary/aromatic N) is 1. The molecule has 1 unspecified atom stereocenters. The summed E-state index contributed by atoms with van der Waals surface area (Å²) in [7, 11) is -1.06. The van der Waals surface area contributed by atoms with Crippen LogP contribution in [0.25, 0.3) is 0 Å². The van der Waals surface area contributed by atoms with E-state index in [2.05, 4.69) is 34.8 Å². The number of ether oxygens (including phenoxy) is 2. The van der Waals surface area contributed by atoms with Gasteiger partial charge in [-0.1, -0.05) is 31.2 Å². The minimum atomic E-state index is -1.06. The van der Waals surface area contributed by atoms with Crippen molar-refractivity contribution in [3.05, 3.63) is 49.9 Å². The van der Waals surface area contributed by atoms with Gasteiger partial charge in [0.2, 0.25) is 0 Å². The normalized spacial score (nSPS) is 25.1. The average molecular weight is 604 g/mol. The van der Waals surface area contributed by atoms with Gasteiger partial charge in [-0.25, -0.2) is 0 Å². The van der Waals surface area contributed by atoms with Gasteiger partial charge in [0, 0.05) is 65.8 Å².